The molecule has 0 bridgehead atoms. The Morgan fingerprint density at radius 1 is 1.41 bits per heavy atom. The van der Waals surface area contributed by atoms with Gasteiger partial charge in [0.25, 0.3) is 0 Å². The lowest BCUT2D eigenvalue weighted by molar-refractivity contribution is -0.00196. The minimum atomic E-state index is -0.249. The molecule has 1 heterocycles. The Labute approximate surface area is 108 Å². The molecule has 0 radical (unpaired) electrons. The van der Waals surface area contributed by atoms with Gasteiger partial charge in [-0.3, -0.25) is 0 Å². The van der Waals surface area contributed by atoms with Gasteiger partial charge in [-0.1, -0.05) is 37.3 Å². The number of benzene rings is 1. The third-order valence-corrected chi connectivity index (χ3v) is 3.93. The molecule has 0 spiro atoms. The summed E-state index contributed by atoms with van der Waals surface area (Å²) < 4.78 is 11.3. The first-order chi connectivity index (χ1) is 8.09. The van der Waals surface area contributed by atoms with Crippen LogP contribution in [0.15, 0.2) is 30.3 Å². The summed E-state index contributed by atoms with van der Waals surface area (Å²) in [4.78, 5) is -0.249. The first kappa shape index (κ1) is 12.9. The first-order valence-electron chi connectivity index (χ1n) is 6.02. The van der Waals surface area contributed by atoms with Gasteiger partial charge < -0.3 is 9.47 Å². The van der Waals surface area contributed by atoms with Gasteiger partial charge >= 0.3 is 0 Å². The van der Waals surface area contributed by atoms with Gasteiger partial charge in [-0.05, 0) is 12.5 Å². The second-order valence-electron chi connectivity index (χ2n) is 4.92. The molecule has 1 aliphatic heterocycles. The number of ether oxygens (including phenoxy) is 2. The molecule has 1 saturated heterocycles. The summed E-state index contributed by atoms with van der Waals surface area (Å²) in [5.41, 5.74) is 1.19. The highest BCUT2D eigenvalue weighted by atomic mass is 35.5. The largest absolute Gasteiger partial charge is 0.374 e. The summed E-state index contributed by atoms with van der Waals surface area (Å²) >= 11 is 6.33. The summed E-state index contributed by atoms with van der Waals surface area (Å²) in [6, 6.07) is 10.2. The molecule has 0 N–H and O–H groups in total. The van der Waals surface area contributed by atoms with E-state index in [0.717, 1.165) is 0 Å². The Hall–Kier alpha value is -0.570. The molecule has 1 fully saturated rings. The summed E-state index contributed by atoms with van der Waals surface area (Å²) in [5, 5.41) is 0. The number of alkyl halides is 1. The molecule has 1 aliphatic rings. The molecule has 1 unspecified atom stereocenters. The van der Waals surface area contributed by atoms with Gasteiger partial charge in [0, 0.05) is 5.92 Å². The monoisotopic (exact) mass is 254 g/mol. The summed E-state index contributed by atoms with van der Waals surface area (Å²) in [5.74, 6) is 0.319. The zero-order valence-electron chi connectivity index (χ0n) is 10.4. The second kappa shape index (κ2) is 5.38. The fraction of sp³-hybridized carbons (Fsp3) is 0.571. The van der Waals surface area contributed by atoms with Crippen LogP contribution in [0.4, 0.5) is 0 Å². The van der Waals surface area contributed by atoms with Crippen molar-refractivity contribution in [3.8, 4) is 0 Å². The fourth-order valence-corrected chi connectivity index (χ4v) is 2.20. The Bertz CT molecular complexity index is 350. The van der Waals surface area contributed by atoms with Crippen molar-refractivity contribution in [1.82, 2.24) is 0 Å². The van der Waals surface area contributed by atoms with E-state index in [9.17, 15) is 0 Å². The van der Waals surface area contributed by atoms with Gasteiger partial charge in [-0.25, -0.2) is 0 Å². The van der Waals surface area contributed by atoms with E-state index in [4.69, 9.17) is 21.1 Å². The average Bonchev–Trinajstić information content (AvgIpc) is 2.57. The van der Waals surface area contributed by atoms with Crippen molar-refractivity contribution >= 4 is 11.6 Å². The first-order valence-corrected chi connectivity index (χ1v) is 6.39. The van der Waals surface area contributed by atoms with Crippen molar-refractivity contribution in [2.75, 3.05) is 13.2 Å². The number of rotatable bonds is 4. The molecule has 1 aromatic rings. The number of hydrogen-bond acceptors (Lipinski definition) is 2. The van der Waals surface area contributed by atoms with Crippen LogP contribution in [0, 0.1) is 5.92 Å². The Morgan fingerprint density at radius 3 is 2.71 bits per heavy atom. The molecule has 2 rings (SSSR count). The molecule has 0 aromatic heterocycles. The van der Waals surface area contributed by atoms with Crippen molar-refractivity contribution in [3.63, 3.8) is 0 Å². The van der Waals surface area contributed by atoms with Crippen LogP contribution < -0.4 is 0 Å². The smallest absolute Gasteiger partial charge is 0.0852 e. The Morgan fingerprint density at radius 2 is 2.12 bits per heavy atom. The van der Waals surface area contributed by atoms with E-state index >= 15 is 0 Å². The highest BCUT2D eigenvalue weighted by molar-refractivity contribution is 6.24. The van der Waals surface area contributed by atoms with Crippen molar-refractivity contribution in [2.45, 2.75) is 31.4 Å². The molecule has 3 heteroatoms. The van der Waals surface area contributed by atoms with Gasteiger partial charge in [-0.15, -0.1) is 11.6 Å². The zero-order valence-corrected chi connectivity index (χ0v) is 11.1. The van der Waals surface area contributed by atoms with Crippen LogP contribution in [0.1, 0.15) is 19.4 Å². The molecule has 0 saturated carbocycles. The number of hydrogen-bond donors (Lipinski definition) is 0. The van der Waals surface area contributed by atoms with Crippen molar-refractivity contribution < 1.29 is 9.47 Å². The quantitative estimate of drug-likeness (QED) is 0.768. The predicted molar refractivity (Wildman–Crippen MR) is 69.3 cm³/mol. The third-order valence-electron chi connectivity index (χ3n) is 3.48. The maximum atomic E-state index is 6.33. The van der Waals surface area contributed by atoms with E-state index in [-0.39, 0.29) is 11.0 Å². The van der Waals surface area contributed by atoms with Crippen LogP contribution in [0.5, 0.6) is 0 Å². The Balaban J connectivity index is 1.77. The van der Waals surface area contributed by atoms with Gasteiger partial charge in [0.15, 0.2) is 0 Å². The minimum absolute atomic E-state index is 0.112. The van der Waals surface area contributed by atoms with E-state index in [2.05, 4.69) is 19.1 Å². The van der Waals surface area contributed by atoms with Crippen LogP contribution >= 0.6 is 11.6 Å². The van der Waals surface area contributed by atoms with Crippen molar-refractivity contribution in [2.24, 2.45) is 5.92 Å². The van der Waals surface area contributed by atoms with E-state index in [0.29, 0.717) is 25.7 Å². The van der Waals surface area contributed by atoms with Crippen LogP contribution in [0.2, 0.25) is 0 Å². The molecule has 0 amide bonds. The van der Waals surface area contributed by atoms with E-state index in [1.807, 2.05) is 25.1 Å². The second-order valence-corrected chi connectivity index (χ2v) is 5.78. The highest BCUT2D eigenvalue weighted by Crippen LogP contribution is 2.36. The van der Waals surface area contributed by atoms with Crippen molar-refractivity contribution in [3.05, 3.63) is 35.9 Å². The summed E-state index contributed by atoms with van der Waals surface area (Å²) in [7, 11) is 0. The predicted octanol–water partition coefficient (Wildman–Crippen LogP) is 3.24. The lowest BCUT2D eigenvalue weighted by Gasteiger charge is -2.21. The molecule has 0 aliphatic carbocycles. The van der Waals surface area contributed by atoms with Crippen molar-refractivity contribution in [1.29, 1.82) is 0 Å². The molecule has 2 nitrogen and oxygen atoms in total. The highest BCUT2D eigenvalue weighted by Gasteiger charge is 2.42. The Kier molecular flexibility index (Phi) is 4.08. The summed E-state index contributed by atoms with van der Waals surface area (Å²) in [6.45, 7) is 5.99. The minimum Gasteiger partial charge on any atom is -0.374 e. The fourth-order valence-electron chi connectivity index (χ4n) is 1.99. The van der Waals surface area contributed by atoms with Crippen LogP contribution in [-0.2, 0) is 16.1 Å². The molecule has 17 heavy (non-hydrogen) atoms. The van der Waals surface area contributed by atoms with E-state index < -0.39 is 0 Å². The zero-order chi connectivity index (χ0) is 12.3. The molecular formula is C14H19ClO2. The van der Waals surface area contributed by atoms with Crippen LogP contribution in [-0.4, -0.2) is 24.2 Å². The lowest BCUT2D eigenvalue weighted by atomic mass is 9.94. The topological polar surface area (TPSA) is 18.5 Å². The normalized spacial score (nSPS) is 32.9. The van der Waals surface area contributed by atoms with Gasteiger partial charge in [0.1, 0.15) is 0 Å². The van der Waals surface area contributed by atoms with Crippen LogP contribution in [0.3, 0.4) is 0 Å². The van der Waals surface area contributed by atoms with E-state index in [1.165, 1.54) is 5.56 Å². The standard InChI is InChI=1S/C14H19ClO2/c1-11-13(17-10-14(11,2)15)9-16-8-12-6-4-3-5-7-12/h3-7,11,13H,8-10H2,1-2H3/t11-,13?,14-/m1/s1. The molecular weight excluding hydrogens is 236 g/mol. The van der Waals surface area contributed by atoms with Gasteiger partial charge in [0.05, 0.1) is 30.8 Å². The molecule has 3 atom stereocenters. The maximum absolute atomic E-state index is 6.33. The van der Waals surface area contributed by atoms with Gasteiger partial charge in [0.2, 0.25) is 0 Å². The average molecular weight is 255 g/mol. The van der Waals surface area contributed by atoms with Crippen LogP contribution in [0.25, 0.3) is 0 Å². The maximum Gasteiger partial charge on any atom is 0.0852 e. The molecule has 1 aromatic carbocycles. The number of halogens is 1. The van der Waals surface area contributed by atoms with Gasteiger partial charge in [-0.2, -0.15) is 0 Å². The van der Waals surface area contributed by atoms with E-state index in [1.54, 1.807) is 0 Å². The molecule has 94 valence electrons. The summed E-state index contributed by atoms with van der Waals surface area (Å²) in [6.07, 6.45) is 0.112. The third kappa shape index (κ3) is 3.21. The lowest BCUT2D eigenvalue weighted by Crippen LogP contribution is -2.30. The SMILES string of the molecule is C[C@@H]1C(COCc2ccccc2)OC[C@@]1(C)Cl.